The molecule has 3 amide bonds. The van der Waals surface area contributed by atoms with Crippen LogP contribution in [0.15, 0.2) is 54.6 Å². The molecule has 1 heterocycles. The first-order valence-electron chi connectivity index (χ1n) is 9.98. The van der Waals surface area contributed by atoms with Crippen molar-refractivity contribution in [3.05, 3.63) is 65.7 Å². The van der Waals surface area contributed by atoms with Gasteiger partial charge in [0.15, 0.2) is 0 Å². The van der Waals surface area contributed by atoms with Gasteiger partial charge in [-0.05, 0) is 35.6 Å². The van der Waals surface area contributed by atoms with Crippen molar-refractivity contribution >= 4 is 17.6 Å². The van der Waals surface area contributed by atoms with E-state index in [9.17, 15) is 9.59 Å². The van der Waals surface area contributed by atoms with Crippen LogP contribution in [0, 0.1) is 5.92 Å². The van der Waals surface area contributed by atoms with Crippen molar-refractivity contribution in [2.45, 2.75) is 32.6 Å². The Morgan fingerprint density at radius 2 is 1.93 bits per heavy atom. The molecular weight excluding hydrogens is 350 g/mol. The Balaban J connectivity index is 1.43. The first-order valence-corrected chi connectivity index (χ1v) is 9.98. The Morgan fingerprint density at radius 1 is 1.14 bits per heavy atom. The second-order valence-corrected chi connectivity index (χ2v) is 7.76. The van der Waals surface area contributed by atoms with Crippen LogP contribution in [0.3, 0.4) is 0 Å². The molecule has 0 spiro atoms. The molecule has 0 aliphatic carbocycles. The van der Waals surface area contributed by atoms with Gasteiger partial charge in [0.05, 0.1) is 0 Å². The Kier molecular flexibility index (Phi) is 6.69. The van der Waals surface area contributed by atoms with Gasteiger partial charge in [-0.25, -0.2) is 4.79 Å². The van der Waals surface area contributed by atoms with Crippen LogP contribution >= 0.6 is 0 Å². The molecule has 2 N–H and O–H groups in total. The highest BCUT2D eigenvalue weighted by atomic mass is 16.2. The van der Waals surface area contributed by atoms with Gasteiger partial charge >= 0.3 is 6.03 Å². The molecule has 1 saturated heterocycles. The number of urea groups is 1. The molecular formula is C23H29N3O2. The zero-order chi connectivity index (χ0) is 19.9. The number of benzene rings is 2. The molecule has 5 heteroatoms. The summed E-state index contributed by atoms with van der Waals surface area (Å²) in [4.78, 5) is 26.3. The van der Waals surface area contributed by atoms with Crippen molar-refractivity contribution in [2.75, 3.05) is 25.0 Å². The standard InChI is InChI=1S/C23H29N3O2/c1-17(2)20-9-6-10-21(14-20)25-23(28)24-15-19-13-22(27)26(16-19)12-11-18-7-4-3-5-8-18/h3-10,14,17,19H,11-13,15-16H2,1-2H3,(H2,24,25,28). The van der Waals surface area contributed by atoms with Gasteiger partial charge in [-0.2, -0.15) is 0 Å². The minimum atomic E-state index is -0.226. The van der Waals surface area contributed by atoms with E-state index < -0.39 is 0 Å². The van der Waals surface area contributed by atoms with Gasteiger partial charge in [-0.3, -0.25) is 4.79 Å². The number of carbonyl (C=O) groups excluding carboxylic acids is 2. The molecule has 0 bridgehead atoms. The van der Waals surface area contributed by atoms with E-state index in [1.54, 1.807) is 0 Å². The number of hydrogen-bond donors (Lipinski definition) is 2. The first kappa shape index (κ1) is 19.9. The predicted molar refractivity (Wildman–Crippen MR) is 112 cm³/mol. The largest absolute Gasteiger partial charge is 0.342 e. The van der Waals surface area contributed by atoms with Crippen molar-refractivity contribution < 1.29 is 9.59 Å². The Labute approximate surface area is 167 Å². The molecule has 1 aliphatic rings. The van der Waals surface area contributed by atoms with Gasteiger partial charge in [-0.1, -0.05) is 56.3 Å². The Hall–Kier alpha value is -2.82. The molecule has 2 aromatic carbocycles. The van der Waals surface area contributed by atoms with Crippen LogP contribution in [-0.4, -0.2) is 36.5 Å². The monoisotopic (exact) mass is 379 g/mol. The summed E-state index contributed by atoms with van der Waals surface area (Å²) >= 11 is 0. The molecule has 0 aromatic heterocycles. The molecule has 3 rings (SSSR count). The van der Waals surface area contributed by atoms with Crippen LogP contribution in [0.5, 0.6) is 0 Å². The lowest BCUT2D eigenvalue weighted by Crippen LogP contribution is -2.34. The average molecular weight is 380 g/mol. The van der Waals surface area contributed by atoms with Crippen LogP contribution in [-0.2, 0) is 11.2 Å². The summed E-state index contributed by atoms with van der Waals surface area (Å²) in [5.41, 5.74) is 3.21. The van der Waals surface area contributed by atoms with Gasteiger partial charge in [0.1, 0.15) is 0 Å². The summed E-state index contributed by atoms with van der Waals surface area (Å²) in [6.45, 7) is 6.19. The third-order valence-electron chi connectivity index (χ3n) is 5.17. The number of nitrogens with one attached hydrogen (secondary N) is 2. The fraction of sp³-hybridized carbons (Fsp3) is 0.391. The Morgan fingerprint density at radius 3 is 2.68 bits per heavy atom. The average Bonchev–Trinajstić information content (AvgIpc) is 3.05. The zero-order valence-electron chi connectivity index (χ0n) is 16.7. The van der Waals surface area contributed by atoms with E-state index in [0.717, 1.165) is 18.7 Å². The second-order valence-electron chi connectivity index (χ2n) is 7.76. The smallest absolute Gasteiger partial charge is 0.319 e. The molecule has 1 atom stereocenters. The fourth-order valence-corrected chi connectivity index (χ4v) is 3.50. The van der Waals surface area contributed by atoms with Gasteiger partial charge in [0.2, 0.25) is 5.91 Å². The second kappa shape index (κ2) is 9.40. The molecule has 2 aromatic rings. The van der Waals surface area contributed by atoms with Crippen LogP contribution in [0.2, 0.25) is 0 Å². The summed E-state index contributed by atoms with van der Waals surface area (Å²) in [5, 5.41) is 5.79. The lowest BCUT2D eigenvalue weighted by Gasteiger charge is -2.17. The van der Waals surface area contributed by atoms with E-state index in [4.69, 9.17) is 0 Å². The van der Waals surface area contributed by atoms with Gasteiger partial charge in [0.25, 0.3) is 0 Å². The minimum Gasteiger partial charge on any atom is -0.342 e. The third kappa shape index (κ3) is 5.59. The third-order valence-corrected chi connectivity index (χ3v) is 5.17. The lowest BCUT2D eigenvalue weighted by atomic mass is 10.0. The van der Waals surface area contributed by atoms with E-state index in [1.165, 1.54) is 11.1 Å². The molecule has 1 aliphatic heterocycles. The highest BCUT2D eigenvalue weighted by Crippen LogP contribution is 2.19. The number of carbonyl (C=O) groups is 2. The quantitative estimate of drug-likeness (QED) is 0.763. The van der Waals surface area contributed by atoms with Crippen molar-refractivity contribution in [1.29, 1.82) is 0 Å². The van der Waals surface area contributed by atoms with Gasteiger partial charge in [-0.15, -0.1) is 0 Å². The number of amides is 3. The molecule has 28 heavy (non-hydrogen) atoms. The van der Waals surface area contributed by atoms with Crippen molar-refractivity contribution in [1.82, 2.24) is 10.2 Å². The summed E-state index contributed by atoms with van der Waals surface area (Å²) in [6.07, 6.45) is 1.36. The SMILES string of the molecule is CC(C)c1cccc(NC(=O)NCC2CC(=O)N(CCc3ccccc3)C2)c1. The highest BCUT2D eigenvalue weighted by Gasteiger charge is 2.29. The number of rotatable bonds is 7. The summed E-state index contributed by atoms with van der Waals surface area (Å²) in [7, 11) is 0. The number of anilines is 1. The van der Waals surface area contributed by atoms with Gasteiger partial charge in [0, 0.05) is 37.7 Å². The summed E-state index contributed by atoms with van der Waals surface area (Å²) < 4.78 is 0. The first-order chi connectivity index (χ1) is 13.5. The molecule has 1 unspecified atom stereocenters. The molecule has 0 saturated carbocycles. The maximum Gasteiger partial charge on any atom is 0.319 e. The topological polar surface area (TPSA) is 61.4 Å². The van der Waals surface area contributed by atoms with Crippen molar-refractivity contribution in [3.63, 3.8) is 0 Å². The van der Waals surface area contributed by atoms with Gasteiger partial charge < -0.3 is 15.5 Å². The predicted octanol–water partition coefficient (Wildman–Crippen LogP) is 4.02. The van der Waals surface area contributed by atoms with Crippen molar-refractivity contribution in [2.24, 2.45) is 5.92 Å². The molecule has 5 nitrogen and oxygen atoms in total. The van der Waals surface area contributed by atoms with E-state index >= 15 is 0 Å². The number of hydrogen-bond acceptors (Lipinski definition) is 2. The fourth-order valence-electron chi connectivity index (χ4n) is 3.50. The lowest BCUT2D eigenvalue weighted by molar-refractivity contribution is -0.127. The van der Waals surface area contributed by atoms with Crippen LogP contribution in [0.1, 0.15) is 37.3 Å². The minimum absolute atomic E-state index is 0.163. The number of likely N-dealkylation sites (tertiary alicyclic amines) is 1. The van der Waals surface area contributed by atoms with E-state index in [2.05, 4.69) is 42.7 Å². The molecule has 0 radical (unpaired) electrons. The van der Waals surface area contributed by atoms with Crippen LogP contribution in [0.25, 0.3) is 0 Å². The summed E-state index contributed by atoms with van der Waals surface area (Å²) in [6, 6.07) is 17.9. The van der Waals surface area contributed by atoms with E-state index in [0.29, 0.717) is 25.4 Å². The zero-order valence-corrected chi connectivity index (χ0v) is 16.7. The molecule has 148 valence electrons. The van der Waals surface area contributed by atoms with E-state index in [1.807, 2.05) is 41.3 Å². The maximum absolute atomic E-state index is 12.2. The van der Waals surface area contributed by atoms with E-state index in [-0.39, 0.29) is 17.9 Å². The van der Waals surface area contributed by atoms with Crippen LogP contribution in [0.4, 0.5) is 10.5 Å². The highest BCUT2D eigenvalue weighted by molar-refractivity contribution is 5.89. The maximum atomic E-state index is 12.2. The normalized spacial score (nSPS) is 16.5. The summed E-state index contributed by atoms with van der Waals surface area (Å²) in [5.74, 6) is 0.750. The Bertz CT molecular complexity index is 805. The van der Waals surface area contributed by atoms with Crippen molar-refractivity contribution in [3.8, 4) is 0 Å². The van der Waals surface area contributed by atoms with Crippen LogP contribution < -0.4 is 10.6 Å². The molecule has 1 fully saturated rings. The number of nitrogens with zero attached hydrogens (tertiary/aromatic N) is 1.